The summed E-state index contributed by atoms with van der Waals surface area (Å²) >= 11 is 0. The number of nitrogens with zero attached hydrogens (tertiary/aromatic N) is 5. The highest BCUT2D eigenvalue weighted by atomic mass is 32.2. The Kier molecular flexibility index (Phi) is 6.71. The van der Waals surface area contributed by atoms with Crippen molar-refractivity contribution in [2.75, 3.05) is 20.1 Å². The molecule has 0 radical (unpaired) electrons. The van der Waals surface area contributed by atoms with Gasteiger partial charge in [0.1, 0.15) is 27.6 Å². The summed E-state index contributed by atoms with van der Waals surface area (Å²) in [4.78, 5) is 27.3. The van der Waals surface area contributed by atoms with Gasteiger partial charge in [-0.1, -0.05) is 6.07 Å². The number of benzene rings is 1. The molecule has 2 aromatic heterocycles. The van der Waals surface area contributed by atoms with Crippen LogP contribution in [0.4, 0.5) is 8.78 Å². The van der Waals surface area contributed by atoms with E-state index >= 15 is 4.39 Å². The van der Waals surface area contributed by atoms with Crippen LogP contribution in [-0.2, 0) is 28.5 Å². The van der Waals surface area contributed by atoms with Crippen molar-refractivity contribution in [1.82, 2.24) is 19.2 Å². The van der Waals surface area contributed by atoms with E-state index in [0.29, 0.717) is 18.7 Å². The number of likely N-dealkylation sites (tertiary alicyclic amines) is 1. The van der Waals surface area contributed by atoms with Gasteiger partial charge in [-0.05, 0) is 60.9 Å². The van der Waals surface area contributed by atoms with Crippen molar-refractivity contribution >= 4 is 21.8 Å². The number of hydrogen-bond acceptors (Lipinski definition) is 8. The van der Waals surface area contributed by atoms with E-state index in [1.165, 1.54) is 31.3 Å². The molecule has 1 spiro atoms. The lowest BCUT2D eigenvalue weighted by Gasteiger charge is -2.48. The molecule has 0 bridgehead atoms. The highest BCUT2D eigenvalue weighted by molar-refractivity contribution is 7.91. The first kappa shape index (κ1) is 26.8. The molecule has 204 valence electrons. The van der Waals surface area contributed by atoms with Crippen molar-refractivity contribution in [1.29, 1.82) is 0 Å². The van der Waals surface area contributed by atoms with Crippen LogP contribution in [0.3, 0.4) is 0 Å². The van der Waals surface area contributed by atoms with Crippen molar-refractivity contribution < 1.29 is 22.0 Å². The minimum Gasteiger partial charge on any atom is -0.369 e. The molecule has 2 aliphatic rings. The zero-order valence-corrected chi connectivity index (χ0v) is 22.3. The van der Waals surface area contributed by atoms with E-state index in [1.54, 1.807) is 19.3 Å². The number of ketones is 1. The van der Waals surface area contributed by atoms with E-state index in [2.05, 4.69) is 15.0 Å². The fourth-order valence-corrected chi connectivity index (χ4v) is 7.73. The molecule has 0 amide bonds. The van der Waals surface area contributed by atoms with Gasteiger partial charge < -0.3 is 5.73 Å². The molecule has 0 saturated carbocycles. The Morgan fingerprint density at radius 2 is 1.85 bits per heavy atom. The molecule has 0 aliphatic carbocycles. The van der Waals surface area contributed by atoms with Crippen LogP contribution in [0.15, 0.2) is 66.0 Å². The van der Waals surface area contributed by atoms with E-state index in [0.717, 1.165) is 22.1 Å². The molecule has 9 nitrogen and oxygen atoms in total. The highest BCUT2D eigenvalue weighted by Crippen LogP contribution is 2.51. The molecule has 5 rings (SSSR count). The predicted octanol–water partition coefficient (Wildman–Crippen LogP) is 2.63. The molecule has 1 saturated heterocycles. The third-order valence-corrected chi connectivity index (χ3v) is 10.4. The Labute approximate surface area is 225 Å². The van der Waals surface area contributed by atoms with E-state index < -0.39 is 37.7 Å². The Morgan fingerprint density at radius 1 is 1.10 bits per heavy atom. The fourth-order valence-electron chi connectivity index (χ4n) is 5.56. The Hall–Kier alpha value is -3.77. The molecule has 2 N–H and O–H groups in total. The highest BCUT2D eigenvalue weighted by Gasteiger charge is 2.66. The molecule has 1 aromatic carbocycles. The third-order valence-electron chi connectivity index (χ3n) is 7.80. The largest absolute Gasteiger partial charge is 0.369 e. The van der Waals surface area contributed by atoms with Gasteiger partial charge >= 0.3 is 0 Å². The summed E-state index contributed by atoms with van der Waals surface area (Å²) in [5, 5.41) is 0. The number of aromatic nitrogens is 2. The van der Waals surface area contributed by atoms with Gasteiger partial charge in [0.2, 0.25) is 16.0 Å². The Bertz CT molecular complexity index is 1550. The summed E-state index contributed by atoms with van der Waals surface area (Å²) < 4.78 is 56.3. The summed E-state index contributed by atoms with van der Waals surface area (Å²) in [7, 11) is -2.74. The molecule has 1 fully saturated rings. The average molecular weight is 555 g/mol. The van der Waals surface area contributed by atoms with Gasteiger partial charge in [0.25, 0.3) is 0 Å². The van der Waals surface area contributed by atoms with Crippen LogP contribution >= 0.6 is 0 Å². The number of nitrogens with two attached hydrogens (primary N) is 1. The maximum Gasteiger partial charge on any atom is 0.247 e. The molecule has 3 aromatic rings. The maximum atomic E-state index is 15.6. The van der Waals surface area contributed by atoms with Crippen molar-refractivity contribution in [2.45, 2.75) is 36.6 Å². The first-order valence-electron chi connectivity index (χ1n) is 12.4. The molecular formula is C27H28F2N6O3S. The lowest BCUT2D eigenvalue weighted by molar-refractivity contribution is 0.0988. The van der Waals surface area contributed by atoms with E-state index in [1.807, 2.05) is 17.0 Å². The van der Waals surface area contributed by atoms with Gasteiger partial charge in [0.15, 0.2) is 5.78 Å². The second-order valence-corrected chi connectivity index (χ2v) is 12.4. The van der Waals surface area contributed by atoms with Gasteiger partial charge in [0.05, 0.1) is 6.20 Å². The molecule has 12 heteroatoms. The number of aliphatic imine (C=N–C) groups is 1. The van der Waals surface area contributed by atoms with Crippen LogP contribution in [-0.4, -0.2) is 64.2 Å². The minimum absolute atomic E-state index is 0.0326. The number of carbonyl (C=O) groups excluding carboxylic acids is 1. The Morgan fingerprint density at radius 3 is 2.54 bits per heavy atom. The number of hydrogen-bond donors (Lipinski definition) is 1. The van der Waals surface area contributed by atoms with Crippen LogP contribution < -0.4 is 5.73 Å². The van der Waals surface area contributed by atoms with E-state index in [9.17, 15) is 17.6 Å². The smallest absolute Gasteiger partial charge is 0.247 e. The van der Waals surface area contributed by atoms with E-state index in [4.69, 9.17) is 5.73 Å². The van der Waals surface area contributed by atoms with Gasteiger partial charge in [-0.3, -0.25) is 19.7 Å². The molecule has 2 aliphatic heterocycles. The molecular weight excluding hydrogens is 526 g/mol. The van der Waals surface area contributed by atoms with Crippen LogP contribution in [0.25, 0.3) is 0 Å². The van der Waals surface area contributed by atoms with Gasteiger partial charge in [-0.15, -0.1) is 0 Å². The van der Waals surface area contributed by atoms with Gasteiger partial charge in [0, 0.05) is 51.1 Å². The number of pyridine rings is 2. The van der Waals surface area contributed by atoms with Crippen LogP contribution in [0.5, 0.6) is 0 Å². The number of halogens is 2. The first-order chi connectivity index (χ1) is 18.5. The van der Waals surface area contributed by atoms with Crippen LogP contribution in [0.1, 0.15) is 40.5 Å². The van der Waals surface area contributed by atoms with Crippen LogP contribution in [0.2, 0.25) is 0 Å². The maximum absolute atomic E-state index is 15.6. The van der Waals surface area contributed by atoms with Gasteiger partial charge in [-0.2, -0.15) is 0 Å². The Balaban J connectivity index is 1.55. The fraction of sp³-hybridized carbons (Fsp3) is 0.333. The standard InChI is InChI=1S/C27H28F2N6O3S/c1-26(21-13-19(3-5-22(21)29)14-24(36)23-6-4-20(28)15-32-23)27(39(37,38)34(2)25(30)33-26)9-12-35(17-27)16-18-7-10-31-11-8-18/h3-8,10-11,13,15H,9,12,14,16-17H2,1-2H3,(H2,30,33)/t26-,27-/m1/s1. The van der Waals surface area contributed by atoms with Crippen molar-refractivity contribution in [2.24, 2.45) is 10.7 Å². The van der Waals surface area contributed by atoms with Crippen molar-refractivity contribution in [3.8, 4) is 0 Å². The second kappa shape index (κ2) is 9.76. The zero-order valence-electron chi connectivity index (χ0n) is 21.5. The molecule has 0 unspecified atom stereocenters. The average Bonchev–Trinajstić information content (AvgIpc) is 3.35. The predicted molar refractivity (Wildman–Crippen MR) is 141 cm³/mol. The summed E-state index contributed by atoms with van der Waals surface area (Å²) in [5.41, 5.74) is 6.01. The lowest BCUT2D eigenvalue weighted by Crippen LogP contribution is -2.66. The van der Waals surface area contributed by atoms with E-state index in [-0.39, 0.29) is 36.6 Å². The number of Topliss-reactive ketones (excluding diaryl/α,β-unsaturated/α-hetero) is 1. The van der Waals surface area contributed by atoms with Gasteiger partial charge in [-0.25, -0.2) is 26.5 Å². The number of carbonyl (C=O) groups is 1. The van der Waals surface area contributed by atoms with Crippen molar-refractivity contribution in [3.63, 3.8) is 0 Å². The molecule has 39 heavy (non-hydrogen) atoms. The van der Waals surface area contributed by atoms with Crippen molar-refractivity contribution in [3.05, 3.63) is 95.1 Å². The summed E-state index contributed by atoms with van der Waals surface area (Å²) in [6, 6.07) is 10.3. The molecule has 2 atom stereocenters. The number of rotatable bonds is 6. The molecule has 4 heterocycles. The summed E-state index contributed by atoms with van der Waals surface area (Å²) in [6.07, 6.45) is 4.35. The SMILES string of the molecule is CN1C(N)=N[C@](C)(c2cc(CC(=O)c3ccc(F)cn3)ccc2F)[C@]2(CCN(Cc3ccncc3)C2)S1(=O)=O. The monoisotopic (exact) mass is 554 g/mol. The summed E-state index contributed by atoms with van der Waals surface area (Å²) in [6.45, 7) is 2.61. The number of sulfonamides is 1. The normalized spacial score (nSPS) is 24.6. The second-order valence-electron chi connectivity index (χ2n) is 10.1. The third kappa shape index (κ3) is 4.47. The first-order valence-corrected chi connectivity index (χ1v) is 13.8. The summed E-state index contributed by atoms with van der Waals surface area (Å²) in [5.74, 6) is -1.86. The zero-order chi connectivity index (χ0) is 28.0. The number of guanidine groups is 1. The lowest BCUT2D eigenvalue weighted by atomic mass is 9.77. The quantitative estimate of drug-likeness (QED) is 0.465. The van der Waals surface area contributed by atoms with Crippen LogP contribution in [0, 0.1) is 11.6 Å². The topological polar surface area (TPSA) is 122 Å². The minimum atomic E-state index is -4.09.